The molecule has 2 fully saturated rings. The van der Waals surface area contributed by atoms with E-state index in [2.05, 4.69) is 10.0 Å². The maximum atomic E-state index is 12.0. The van der Waals surface area contributed by atoms with Crippen LogP contribution in [-0.4, -0.2) is 27.5 Å². The smallest absolute Gasteiger partial charge is 0.250 e. The molecule has 2 N–H and O–H groups in total. The van der Waals surface area contributed by atoms with E-state index in [0.29, 0.717) is 16.0 Å². The van der Waals surface area contributed by atoms with Crippen molar-refractivity contribution < 1.29 is 8.42 Å². The number of aryl methyl sites for hydroxylation is 1. The van der Waals surface area contributed by atoms with Crippen LogP contribution in [-0.2, 0) is 10.0 Å². The van der Waals surface area contributed by atoms with Crippen LogP contribution in [0.4, 0.5) is 0 Å². The Hall–Kier alpha value is -0.430. The predicted octanol–water partition coefficient (Wildman–Crippen LogP) is 0.553. The minimum Gasteiger partial charge on any atom is -0.316 e. The number of fused-ring (bicyclic) bond motifs is 1. The Morgan fingerprint density at radius 2 is 2.06 bits per heavy atom. The van der Waals surface area contributed by atoms with E-state index in [1.807, 2.05) is 13.0 Å². The van der Waals surface area contributed by atoms with Crippen LogP contribution in [0.25, 0.3) is 0 Å². The molecular weight excluding hydrogens is 244 g/mol. The zero-order chi connectivity index (χ0) is 11.3. The highest BCUT2D eigenvalue weighted by Crippen LogP contribution is 2.42. The normalized spacial score (nSPS) is 32.7. The van der Waals surface area contributed by atoms with Crippen LogP contribution in [0.1, 0.15) is 4.88 Å². The summed E-state index contributed by atoms with van der Waals surface area (Å²) >= 11 is 1.33. The Labute approximate surface area is 99.1 Å². The molecule has 1 saturated heterocycles. The lowest BCUT2D eigenvalue weighted by Gasteiger charge is -2.06. The van der Waals surface area contributed by atoms with Gasteiger partial charge >= 0.3 is 0 Å². The summed E-state index contributed by atoms with van der Waals surface area (Å²) in [6.45, 7) is 3.81. The van der Waals surface area contributed by atoms with Gasteiger partial charge < -0.3 is 5.32 Å². The summed E-state index contributed by atoms with van der Waals surface area (Å²) in [5.41, 5.74) is 0. The molecule has 1 saturated carbocycles. The fraction of sp³-hybridized carbons (Fsp3) is 0.600. The van der Waals surface area contributed by atoms with Crippen LogP contribution < -0.4 is 10.0 Å². The average Bonchev–Trinajstić information content (AvgIpc) is 2.68. The number of hydrogen-bond donors (Lipinski definition) is 2. The Balaban J connectivity index is 1.75. The number of piperidine rings is 1. The van der Waals surface area contributed by atoms with E-state index in [-0.39, 0.29) is 6.04 Å². The van der Waals surface area contributed by atoms with Crippen molar-refractivity contribution in [3.63, 3.8) is 0 Å². The maximum Gasteiger partial charge on any atom is 0.250 e. The van der Waals surface area contributed by atoms with Crippen molar-refractivity contribution in [2.75, 3.05) is 13.1 Å². The first-order valence-electron chi connectivity index (χ1n) is 5.37. The third-order valence-corrected chi connectivity index (χ3v) is 6.32. The molecule has 1 aliphatic heterocycles. The molecule has 1 aromatic rings. The molecule has 0 amide bonds. The Kier molecular flexibility index (Phi) is 2.36. The van der Waals surface area contributed by atoms with Crippen LogP contribution in [0.5, 0.6) is 0 Å². The van der Waals surface area contributed by atoms with Crippen molar-refractivity contribution in [3.8, 4) is 0 Å². The lowest BCUT2D eigenvalue weighted by atomic mass is 10.4. The molecule has 0 aromatic carbocycles. The monoisotopic (exact) mass is 258 g/mol. The number of sulfonamides is 1. The first kappa shape index (κ1) is 10.7. The van der Waals surface area contributed by atoms with Gasteiger partial charge in [-0.2, -0.15) is 0 Å². The van der Waals surface area contributed by atoms with Crippen molar-refractivity contribution >= 4 is 21.4 Å². The highest BCUT2D eigenvalue weighted by molar-refractivity contribution is 7.91. The Bertz CT molecular complexity index is 499. The summed E-state index contributed by atoms with van der Waals surface area (Å²) in [7, 11) is -3.28. The second kappa shape index (κ2) is 3.53. The fourth-order valence-corrected chi connectivity index (χ4v) is 5.03. The number of rotatable bonds is 3. The van der Waals surface area contributed by atoms with Gasteiger partial charge in [0.2, 0.25) is 10.0 Å². The van der Waals surface area contributed by atoms with Gasteiger partial charge in [0, 0.05) is 10.9 Å². The minimum atomic E-state index is -3.28. The summed E-state index contributed by atoms with van der Waals surface area (Å²) in [4.78, 5) is 1.03. The Morgan fingerprint density at radius 3 is 2.62 bits per heavy atom. The van der Waals surface area contributed by atoms with Gasteiger partial charge in [0.25, 0.3) is 0 Å². The molecule has 16 heavy (non-hydrogen) atoms. The van der Waals surface area contributed by atoms with Gasteiger partial charge in [0.1, 0.15) is 4.21 Å². The summed E-state index contributed by atoms with van der Waals surface area (Å²) < 4.78 is 27.2. The van der Waals surface area contributed by atoms with Gasteiger partial charge in [-0.25, -0.2) is 13.1 Å². The quantitative estimate of drug-likeness (QED) is 0.832. The molecule has 2 unspecified atom stereocenters. The molecule has 1 aromatic heterocycles. The van der Waals surface area contributed by atoms with Crippen LogP contribution >= 0.6 is 11.3 Å². The molecule has 2 atom stereocenters. The van der Waals surface area contributed by atoms with E-state index < -0.39 is 10.0 Å². The van der Waals surface area contributed by atoms with Gasteiger partial charge in [0.15, 0.2) is 0 Å². The van der Waals surface area contributed by atoms with E-state index in [0.717, 1.165) is 18.0 Å². The molecular formula is C10H14N2O2S2. The summed E-state index contributed by atoms with van der Waals surface area (Å²) in [6.07, 6.45) is 0. The second-order valence-electron chi connectivity index (χ2n) is 4.50. The zero-order valence-corrected chi connectivity index (χ0v) is 10.6. The van der Waals surface area contributed by atoms with Crippen LogP contribution in [0.2, 0.25) is 0 Å². The number of hydrogen-bond acceptors (Lipinski definition) is 4. The topological polar surface area (TPSA) is 58.2 Å². The largest absolute Gasteiger partial charge is 0.316 e. The Morgan fingerprint density at radius 1 is 1.38 bits per heavy atom. The van der Waals surface area contributed by atoms with E-state index in [1.54, 1.807) is 6.07 Å². The number of nitrogens with one attached hydrogen (secondary N) is 2. The highest BCUT2D eigenvalue weighted by Gasteiger charge is 2.54. The van der Waals surface area contributed by atoms with Crippen molar-refractivity contribution in [2.24, 2.45) is 11.8 Å². The lowest BCUT2D eigenvalue weighted by Crippen LogP contribution is -2.32. The average molecular weight is 258 g/mol. The van der Waals surface area contributed by atoms with Crippen molar-refractivity contribution in [1.82, 2.24) is 10.0 Å². The number of thiophene rings is 1. The lowest BCUT2D eigenvalue weighted by molar-refractivity contribution is 0.567. The molecule has 88 valence electrons. The SMILES string of the molecule is Cc1ccc(S(=O)(=O)NC2C3CNCC32)s1. The first-order valence-corrected chi connectivity index (χ1v) is 7.67. The van der Waals surface area contributed by atoms with Gasteiger partial charge in [-0.15, -0.1) is 11.3 Å². The third-order valence-electron chi connectivity index (χ3n) is 3.36. The van der Waals surface area contributed by atoms with Crippen LogP contribution in [0.15, 0.2) is 16.3 Å². The standard InChI is InChI=1S/C10H14N2O2S2/c1-6-2-3-9(15-6)16(13,14)12-10-7-4-11-5-8(7)10/h2-3,7-8,10-12H,4-5H2,1H3. The molecule has 2 heterocycles. The second-order valence-corrected chi connectivity index (χ2v) is 7.73. The van der Waals surface area contributed by atoms with Gasteiger partial charge in [-0.3, -0.25) is 0 Å². The molecule has 6 heteroatoms. The molecule has 4 nitrogen and oxygen atoms in total. The van der Waals surface area contributed by atoms with Crippen molar-refractivity contribution in [3.05, 3.63) is 17.0 Å². The molecule has 0 bridgehead atoms. The van der Waals surface area contributed by atoms with Gasteiger partial charge in [-0.1, -0.05) is 0 Å². The van der Waals surface area contributed by atoms with Gasteiger partial charge in [0.05, 0.1) is 0 Å². The van der Waals surface area contributed by atoms with E-state index in [1.165, 1.54) is 11.3 Å². The van der Waals surface area contributed by atoms with Crippen LogP contribution in [0.3, 0.4) is 0 Å². The minimum absolute atomic E-state index is 0.161. The molecule has 0 spiro atoms. The highest BCUT2D eigenvalue weighted by atomic mass is 32.2. The molecule has 2 aliphatic rings. The van der Waals surface area contributed by atoms with Crippen molar-refractivity contribution in [1.29, 1.82) is 0 Å². The predicted molar refractivity (Wildman–Crippen MR) is 63.0 cm³/mol. The van der Waals surface area contributed by atoms with E-state index in [9.17, 15) is 8.42 Å². The molecule has 0 radical (unpaired) electrons. The summed E-state index contributed by atoms with van der Waals surface area (Å²) in [6, 6.07) is 3.68. The summed E-state index contributed by atoms with van der Waals surface area (Å²) in [5.74, 6) is 1.02. The van der Waals surface area contributed by atoms with E-state index in [4.69, 9.17) is 0 Å². The first-order chi connectivity index (χ1) is 7.58. The van der Waals surface area contributed by atoms with Crippen molar-refractivity contribution in [2.45, 2.75) is 17.2 Å². The van der Waals surface area contributed by atoms with Crippen LogP contribution in [0, 0.1) is 18.8 Å². The molecule has 3 rings (SSSR count). The fourth-order valence-electron chi connectivity index (χ4n) is 2.39. The molecule has 1 aliphatic carbocycles. The summed E-state index contributed by atoms with van der Waals surface area (Å²) in [5, 5.41) is 3.25. The third kappa shape index (κ3) is 1.69. The van der Waals surface area contributed by atoms with Gasteiger partial charge in [-0.05, 0) is 44.0 Å². The maximum absolute atomic E-state index is 12.0. The van der Waals surface area contributed by atoms with E-state index >= 15 is 0 Å². The zero-order valence-electron chi connectivity index (χ0n) is 8.93.